The quantitative estimate of drug-likeness (QED) is 0.498. The molecular weight excluding hydrogens is 378 g/mol. The first-order valence-electron chi connectivity index (χ1n) is 9.02. The number of phenolic OH excluding ortho intramolecular Hbond substituents is 2. The summed E-state index contributed by atoms with van der Waals surface area (Å²) in [6.45, 7) is 5.82. The SMILES string of the molecule is CCNC(=O)c1noc(-c2cc(C(C)C)c(O)cc2O)c1NC(=O)c1ccco1. The largest absolute Gasteiger partial charge is 0.508 e. The summed E-state index contributed by atoms with van der Waals surface area (Å²) >= 11 is 0. The lowest BCUT2D eigenvalue weighted by molar-refractivity contribution is 0.0947. The average molecular weight is 399 g/mol. The molecule has 4 N–H and O–H groups in total. The summed E-state index contributed by atoms with van der Waals surface area (Å²) in [5.41, 5.74) is 0.551. The summed E-state index contributed by atoms with van der Waals surface area (Å²) in [6.07, 6.45) is 1.34. The monoisotopic (exact) mass is 399 g/mol. The maximum absolute atomic E-state index is 12.5. The van der Waals surface area contributed by atoms with E-state index in [1.165, 1.54) is 24.5 Å². The Morgan fingerprint density at radius 1 is 1.17 bits per heavy atom. The summed E-state index contributed by atoms with van der Waals surface area (Å²) in [6, 6.07) is 5.72. The first kappa shape index (κ1) is 20.0. The minimum atomic E-state index is -0.618. The van der Waals surface area contributed by atoms with Gasteiger partial charge in [0.05, 0.1) is 11.8 Å². The van der Waals surface area contributed by atoms with Gasteiger partial charge in [0.15, 0.2) is 17.2 Å². The van der Waals surface area contributed by atoms with Crippen LogP contribution in [0.1, 0.15) is 53.3 Å². The van der Waals surface area contributed by atoms with Crippen LogP contribution in [0, 0.1) is 0 Å². The molecule has 0 bridgehead atoms. The Labute approximate surface area is 166 Å². The molecular formula is C20H21N3O6. The summed E-state index contributed by atoms with van der Waals surface area (Å²) in [5, 5.41) is 29.4. The number of aromatic nitrogens is 1. The molecule has 0 fully saturated rings. The van der Waals surface area contributed by atoms with Gasteiger partial charge in [-0.25, -0.2) is 0 Å². The van der Waals surface area contributed by atoms with Gasteiger partial charge in [-0.2, -0.15) is 0 Å². The molecule has 0 spiro atoms. The molecule has 0 saturated heterocycles. The first-order valence-corrected chi connectivity index (χ1v) is 9.02. The van der Waals surface area contributed by atoms with Crippen LogP contribution in [0.25, 0.3) is 11.3 Å². The molecule has 0 atom stereocenters. The van der Waals surface area contributed by atoms with Gasteiger partial charge in [0.2, 0.25) is 0 Å². The molecule has 152 valence electrons. The van der Waals surface area contributed by atoms with Gasteiger partial charge in [0.25, 0.3) is 11.8 Å². The number of benzene rings is 1. The van der Waals surface area contributed by atoms with E-state index in [-0.39, 0.29) is 45.9 Å². The highest BCUT2D eigenvalue weighted by Crippen LogP contribution is 2.41. The summed E-state index contributed by atoms with van der Waals surface area (Å²) in [7, 11) is 0. The second kappa shape index (κ2) is 8.09. The van der Waals surface area contributed by atoms with Crippen LogP contribution in [-0.4, -0.2) is 33.7 Å². The molecule has 3 rings (SSSR count). The van der Waals surface area contributed by atoms with Gasteiger partial charge >= 0.3 is 0 Å². The van der Waals surface area contributed by atoms with Gasteiger partial charge in [-0.05, 0) is 36.6 Å². The van der Waals surface area contributed by atoms with Crippen molar-refractivity contribution in [3.63, 3.8) is 0 Å². The molecule has 0 radical (unpaired) electrons. The van der Waals surface area contributed by atoms with Crippen molar-refractivity contribution in [2.45, 2.75) is 26.7 Å². The van der Waals surface area contributed by atoms with Crippen molar-refractivity contribution < 1.29 is 28.7 Å². The van der Waals surface area contributed by atoms with E-state index < -0.39 is 11.8 Å². The third-order valence-electron chi connectivity index (χ3n) is 4.24. The molecule has 2 heterocycles. The lowest BCUT2D eigenvalue weighted by Gasteiger charge is -2.12. The zero-order valence-corrected chi connectivity index (χ0v) is 16.1. The number of nitrogens with zero attached hydrogens (tertiary/aromatic N) is 1. The van der Waals surface area contributed by atoms with Crippen LogP contribution < -0.4 is 10.6 Å². The van der Waals surface area contributed by atoms with E-state index in [9.17, 15) is 19.8 Å². The fraction of sp³-hybridized carbons (Fsp3) is 0.250. The second-order valence-corrected chi connectivity index (χ2v) is 6.61. The van der Waals surface area contributed by atoms with E-state index in [0.29, 0.717) is 12.1 Å². The molecule has 1 aromatic carbocycles. The molecule has 9 nitrogen and oxygen atoms in total. The van der Waals surface area contributed by atoms with Crippen LogP contribution in [0.5, 0.6) is 11.5 Å². The van der Waals surface area contributed by atoms with Crippen LogP contribution >= 0.6 is 0 Å². The lowest BCUT2D eigenvalue weighted by atomic mass is 9.97. The maximum atomic E-state index is 12.5. The Hall–Kier alpha value is -3.75. The van der Waals surface area contributed by atoms with E-state index in [1.54, 1.807) is 13.0 Å². The molecule has 0 saturated carbocycles. The van der Waals surface area contributed by atoms with E-state index in [1.807, 2.05) is 13.8 Å². The Bertz CT molecular complexity index is 1040. The fourth-order valence-electron chi connectivity index (χ4n) is 2.81. The number of hydrogen-bond donors (Lipinski definition) is 4. The lowest BCUT2D eigenvalue weighted by Crippen LogP contribution is -2.25. The third-order valence-corrected chi connectivity index (χ3v) is 4.24. The summed E-state index contributed by atoms with van der Waals surface area (Å²) in [4.78, 5) is 24.9. The highest BCUT2D eigenvalue weighted by atomic mass is 16.5. The van der Waals surface area contributed by atoms with Crippen molar-refractivity contribution in [2.24, 2.45) is 0 Å². The smallest absolute Gasteiger partial charge is 0.291 e. The highest BCUT2D eigenvalue weighted by molar-refractivity contribution is 6.09. The fourth-order valence-corrected chi connectivity index (χ4v) is 2.81. The van der Waals surface area contributed by atoms with Crippen LogP contribution in [0.4, 0.5) is 5.69 Å². The van der Waals surface area contributed by atoms with Crippen LogP contribution in [0.2, 0.25) is 0 Å². The molecule has 0 aliphatic rings. The molecule has 3 aromatic rings. The van der Waals surface area contributed by atoms with Gasteiger partial charge in [0, 0.05) is 12.6 Å². The number of hydrogen-bond acceptors (Lipinski definition) is 7. The zero-order chi connectivity index (χ0) is 21.1. The standard InChI is InChI=1S/C20H21N3O6/c1-4-21-20(27)17-16(22-19(26)15-6-5-7-28-15)18(29-23-17)12-8-11(10(2)3)13(24)9-14(12)25/h5-10,24-25H,4H2,1-3H3,(H,21,27)(H,22,26). The van der Waals surface area contributed by atoms with E-state index in [2.05, 4.69) is 15.8 Å². The number of rotatable bonds is 6. The normalized spacial score (nSPS) is 10.9. The summed E-state index contributed by atoms with van der Waals surface area (Å²) < 4.78 is 10.4. The Morgan fingerprint density at radius 2 is 1.93 bits per heavy atom. The van der Waals surface area contributed by atoms with Gasteiger partial charge in [0.1, 0.15) is 17.2 Å². The molecule has 2 aromatic heterocycles. The van der Waals surface area contributed by atoms with Crippen molar-refractivity contribution in [1.29, 1.82) is 0 Å². The van der Waals surface area contributed by atoms with Crippen molar-refractivity contribution in [3.8, 4) is 22.8 Å². The molecule has 2 amide bonds. The molecule has 0 aliphatic heterocycles. The number of amides is 2. The summed E-state index contributed by atoms with van der Waals surface area (Å²) in [5.74, 6) is -1.60. The Morgan fingerprint density at radius 3 is 2.55 bits per heavy atom. The van der Waals surface area contributed by atoms with Gasteiger partial charge in [-0.3, -0.25) is 9.59 Å². The number of phenols is 2. The van der Waals surface area contributed by atoms with E-state index >= 15 is 0 Å². The van der Waals surface area contributed by atoms with Crippen LogP contribution in [0.3, 0.4) is 0 Å². The highest BCUT2D eigenvalue weighted by Gasteiger charge is 2.28. The number of carbonyl (C=O) groups is 2. The van der Waals surface area contributed by atoms with Crippen LogP contribution in [-0.2, 0) is 0 Å². The third kappa shape index (κ3) is 3.93. The number of anilines is 1. The number of nitrogens with one attached hydrogen (secondary N) is 2. The van der Waals surface area contributed by atoms with Crippen molar-refractivity contribution in [3.05, 3.63) is 47.5 Å². The minimum Gasteiger partial charge on any atom is -0.508 e. The second-order valence-electron chi connectivity index (χ2n) is 6.61. The molecule has 0 aliphatic carbocycles. The molecule has 9 heteroatoms. The average Bonchev–Trinajstić information content (AvgIpc) is 3.32. The first-order chi connectivity index (χ1) is 13.8. The topological polar surface area (TPSA) is 138 Å². The van der Waals surface area contributed by atoms with Crippen molar-refractivity contribution in [1.82, 2.24) is 10.5 Å². The zero-order valence-electron chi connectivity index (χ0n) is 16.1. The Kier molecular flexibility index (Phi) is 5.58. The maximum Gasteiger partial charge on any atom is 0.291 e. The van der Waals surface area contributed by atoms with Crippen molar-refractivity contribution >= 4 is 17.5 Å². The van der Waals surface area contributed by atoms with Crippen LogP contribution in [0.15, 0.2) is 39.5 Å². The molecule has 0 unspecified atom stereocenters. The van der Waals surface area contributed by atoms with Gasteiger partial charge < -0.3 is 29.8 Å². The molecule has 29 heavy (non-hydrogen) atoms. The van der Waals surface area contributed by atoms with E-state index in [0.717, 1.165) is 0 Å². The van der Waals surface area contributed by atoms with E-state index in [4.69, 9.17) is 8.94 Å². The minimum absolute atomic E-state index is 0.0203. The predicted octanol–water partition coefficient (Wildman–Crippen LogP) is 3.47. The van der Waals surface area contributed by atoms with Gasteiger partial charge in [-0.1, -0.05) is 19.0 Å². The number of furan rings is 1. The van der Waals surface area contributed by atoms with Gasteiger partial charge in [-0.15, -0.1) is 0 Å². The number of aromatic hydroxyl groups is 2. The Balaban J connectivity index is 2.13. The van der Waals surface area contributed by atoms with Crippen molar-refractivity contribution in [2.75, 3.05) is 11.9 Å². The number of carbonyl (C=O) groups excluding carboxylic acids is 2. The predicted molar refractivity (Wildman–Crippen MR) is 104 cm³/mol.